The fourth-order valence-electron chi connectivity index (χ4n) is 2.49. The summed E-state index contributed by atoms with van der Waals surface area (Å²) in [6.07, 6.45) is 1.33. The third-order valence-corrected chi connectivity index (χ3v) is 4.17. The Morgan fingerprint density at radius 1 is 1.43 bits per heavy atom. The second-order valence-electron chi connectivity index (χ2n) is 6.93. The highest BCUT2D eigenvalue weighted by Crippen LogP contribution is 2.33. The number of carbonyl (C=O) groups is 1. The number of rotatable bonds is 5. The molecule has 1 aliphatic carbocycles. The molecule has 0 radical (unpaired) electrons. The van der Waals surface area contributed by atoms with Gasteiger partial charge in [0.25, 0.3) is 0 Å². The topological polar surface area (TPSA) is 70.6 Å². The van der Waals surface area contributed by atoms with Crippen LogP contribution in [0.3, 0.4) is 0 Å². The third-order valence-electron chi connectivity index (χ3n) is 3.68. The van der Waals surface area contributed by atoms with Crippen LogP contribution in [-0.4, -0.2) is 28.9 Å². The Hall–Kier alpha value is -1.27. The molecule has 0 bridgehead atoms. The first-order valence-corrected chi connectivity index (χ1v) is 8.73. The van der Waals surface area contributed by atoms with E-state index in [4.69, 9.17) is 4.74 Å². The van der Waals surface area contributed by atoms with E-state index in [2.05, 4.69) is 33.5 Å². The van der Waals surface area contributed by atoms with Gasteiger partial charge < -0.3 is 20.5 Å². The second-order valence-corrected chi connectivity index (χ2v) is 7.84. The van der Waals surface area contributed by atoms with Crippen LogP contribution in [0.1, 0.15) is 52.1 Å². The largest absolute Gasteiger partial charge is 0.508 e. The van der Waals surface area contributed by atoms with Crippen LogP contribution < -0.4 is 10.6 Å². The fourth-order valence-corrected chi connectivity index (χ4v) is 2.87. The van der Waals surface area contributed by atoms with Gasteiger partial charge in [0.05, 0.1) is 0 Å². The predicted molar refractivity (Wildman–Crippen MR) is 93.5 cm³/mol. The molecular weight excluding hydrogens is 360 g/mol. The number of halogens is 1. The molecule has 23 heavy (non-hydrogen) atoms. The van der Waals surface area contributed by atoms with Crippen molar-refractivity contribution in [3.63, 3.8) is 0 Å². The first-order valence-electron chi connectivity index (χ1n) is 7.93. The van der Waals surface area contributed by atoms with E-state index in [1.165, 1.54) is 0 Å². The minimum atomic E-state index is -0.490. The van der Waals surface area contributed by atoms with E-state index in [0.717, 1.165) is 22.9 Å². The highest BCUT2D eigenvalue weighted by Gasteiger charge is 2.40. The molecule has 5 nitrogen and oxygen atoms in total. The SMILES string of the molecule is CCC(NC1CC1NC(=O)OC(C)(C)C)c1cc(Br)ccc1O. The van der Waals surface area contributed by atoms with Crippen molar-refractivity contribution < 1.29 is 14.6 Å². The monoisotopic (exact) mass is 384 g/mol. The van der Waals surface area contributed by atoms with Gasteiger partial charge in [-0.15, -0.1) is 0 Å². The lowest BCUT2D eigenvalue weighted by molar-refractivity contribution is 0.0521. The molecule has 3 atom stereocenters. The van der Waals surface area contributed by atoms with E-state index in [1.807, 2.05) is 32.9 Å². The van der Waals surface area contributed by atoms with E-state index in [1.54, 1.807) is 6.07 Å². The molecule has 6 heteroatoms. The number of nitrogens with one attached hydrogen (secondary N) is 2. The molecule has 1 fully saturated rings. The van der Waals surface area contributed by atoms with Gasteiger partial charge in [0.2, 0.25) is 0 Å². The molecule has 1 saturated carbocycles. The second kappa shape index (κ2) is 7.09. The highest BCUT2D eigenvalue weighted by atomic mass is 79.9. The van der Waals surface area contributed by atoms with E-state index < -0.39 is 5.60 Å². The lowest BCUT2D eigenvalue weighted by atomic mass is 10.0. The number of hydrogen-bond acceptors (Lipinski definition) is 4. The van der Waals surface area contributed by atoms with Gasteiger partial charge in [0.15, 0.2) is 0 Å². The van der Waals surface area contributed by atoms with Gasteiger partial charge in [-0.2, -0.15) is 0 Å². The Bertz CT molecular complexity index is 571. The molecular formula is C17H25BrN2O3. The van der Waals surface area contributed by atoms with Crippen molar-refractivity contribution in [1.82, 2.24) is 10.6 Å². The molecule has 0 heterocycles. The summed E-state index contributed by atoms with van der Waals surface area (Å²) in [6.45, 7) is 7.60. The molecule has 1 aliphatic rings. The van der Waals surface area contributed by atoms with E-state index in [0.29, 0.717) is 0 Å². The van der Waals surface area contributed by atoms with Gasteiger partial charge in [-0.05, 0) is 51.8 Å². The number of aromatic hydroxyl groups is 1. The van der Waals surface area contributed by atoms with Crippen molar-refractivity contribution in [2.45, 2.75) is 64.3 Å². The number of alkyl carbamates (subject to hydrolysis) is 1. The van der Waals surface area contributed by atoms with E-state index >= 15 is 0 Å². The third kappa shape index (κ3) is 5.39. The molecule has 2 rings (SSSR count). The highest BCUT2D eigenvalue weighted by molar-refractivity contribution is 9.10. The molecule has 3 N–H and O–H groups in total. The Balaban J connectivity index is 1.90. The maximum atomic E-state index is 11.8. The Morgan fingerprint density at radius 3 is 2.74 bits per heavy atom. The molecule has 0 aliphatic heterocycles. The minimum absolute atomic E-state index is 0.0444. The zero-order chi connectivity index (χ0) is 17.2. The van der Waals surface area contributed by atoms with Gasteiger partial charge in [-0.3, -0.25) is 0 Å². The molecule has 3 unspecified atom stereocenters. The summed E-state index contributed by atoms with van der Waals surface area (Å²) >= 11 is 3.44. The predicted octanol–water partition coefficient (Wildman–Crippen LogP) is 3.86. The van der Waals surface area contributed by atoms with Crippen molar-refractivity contribution >= 4 is 22.0 Å². The summed E-state index contributed by atoms with van der Waals surface area (Å²) in [7, 11) is 0. The van der Waals surface area contributed by atoms with Crippen LogP contribution in [0.2, 0.25) is 0 Å². The van der Waals surface area contributed by atoms with Crippen molar-refractivity contribution in [3.05, 3.63) is 28.2 Å². The standard InChI is InChI=1S/C17H25BrN2O3/c1-5-12(11-8-10(18)6-7-15(11)21)19-13-9-14(13)20-16(22)23-17(2,3)4/h6-8,12-14,19,21H,5,9H2,1-4H3,(H,20,22). The lowest BCUT2D eigenvalue weighted by Gasteiger charge is -2.21. The summed E-state index contributed by atoms with van der Waals surface area (Å²) in [4.78, 5) is 11.8. The average Bonchev–Trinajstić information content (AvgIpc) is 3.14. The maximum absolute atomic E-state index is 11.8. The molecule has 1 aromatic carbocycles. The maximum Gasteiger partial charge on any atom is 0.407 e. The lowest BCUT2D eigenvalue weighted by Crippen LogP contribution is -2.37. The van der Waals surface area contributed by atoms with E-state index in [9.17, 15) is 9.90 Å². The fraction of sp³-hybridized carbons (Fsp3) is 0.588. The number of phenolic OH excluding ortho intramolecular Hbond substituents is 1. The van der Waals surface area contributed by atoms with Crippen LogP contribution in [0.25, 0.3) is 0 Å². The van der Waals surface area contributed by atoms with Crippen LogP contribution in [0.5, 0.6) is 5.75 Å². The molecule has 1 amide bonds. The minimum Gasteiger partial charge on any atom is -0.508 e. The zero-order valence-corrected chi connectivity index (χ0v) is 15.6. The Labute approximate surface area is 145 Å². The molecule has 128 valence electrons. The quantitative estimate of drug-likeness (QED) is 0.720. The average molecular weight is 385 g/mol. The van der Waals surface area contributed by atoms with Crippen LogP contribution in [0.4, 0.5) is 4.79 Å². The zero-order valence-electron chi connectivity index (χ0n) is 14.0. The van der Waals surface area contributed by atoms with Crippen LogP contribution in [0, 0.1) is 0 Å². The van der Waals surface area contributed by atoms with Gasteiger partial charge in [0, 0.05) is 28.2 Å². The number of hydrogen-bond donors (Lipinski definition) is 3. The molecule has 0 saturated heterocycles. The van der Waals surface area contributed by atoms with Gasteiger partial charge in [0.1, 0.15) is 11.4 Å². The van der Waals surface area contributed by atoms with Gasteiger partial charge in [-0.25, -0.2) is 4.79 Å². The van der Waals surface area contributed by atoms with Crippen molar-refractivity contribution in [2.75, 3.05) is 0 Å². The molecule has 1 aromatic rings. The summed E-state index contributed by atoms with van der Waals surface area (Å²) in [5, 5.41) is 16.4. The molecule has 0 spiro atoms. The van der Waals surface area contributed by atoms with Gasteiger partial charge in [-0.1, -0.05) is 22.9 Å². The number of phenols is 1. The number of ether oxygens (including phenoxy) is 1. The Morgan fingerprint density at radius 2 is 2.13 bits per heavy atom. The number of benzene rings is 1. The van der Waals surface area contributed by atoms with Crippen molar-refractivity contribution in [1.29, 1.82) is 0 Å². The van der Waals surface area contributed by atoms with Crippen LogP contribution in [0.15, 0.2) is 22.7 Å². The smallest absolute Gasteiger partial charge is 0.407 e. The first-order chi connectivity index (χ1) is 10.7. The van der Waals surface area contributed by atoms with Gasteiger partial charge >= 0.3 is 6.09 Å². The summed E-state index contributed by atoms with van der Waals surface area (Å²) < 4.78 is 6.20. The summed E-state index contributed by atoms with van der Waals surface area (Å²) in [5.41, 5.74) is 0.375. The first kappa shape index (κ1) is 18.1. The van der Waals surface area contributed by atoms with Crippen molar-refractivity contribution in [3.8, 4) is 5.75 Å². The molecule has 0 aromatic heterocycles. The number of carbonyl (C=O) groups excluding carboxylic acids is 1. The number of amides is 1. The van der Waals surface area contributed by atoms with Crippen molar-refractivity contribution in [2.24, 2.45) is 0 Å². The Kier molecular flexibility index (Phi) is 5.57. The van der Waals surface area contributed by atoms with E-state index in [-0.39, 0.29) is 30.0 Å². The van der Waals surface area contributed by atoms with Crippen LogP contribution >= 0.6 is 15.9 Å². The summed E-state index contributed by atoms with van der Waals surface area (Å²) in [5.74, 6) is 0.282. The normalized spacial score (nSPS) is 21.6. The summed E-state index contributed by atoms with van der Waals surface area (Å²) in [6, 6.07) is 5.75. The van der Waals surface area contributed by atoms with Crippen LogP contribution in [-0.2, 0) is 4.74 Å².